The van der Waals surface area contributed by atoms with Crippen molar-refractivity contribution in [2.45, 2.75) is 13.8 Å². The van der Waals surface area contributed by atoms with E-state index >= 15 is 0 Å². The van der Waals surface area contributed by atoms with E-state index in [4.69, 9.17) is 4.74 Å². The number of hydrogen-bond acceptors (Lipinski definition) is 3. The Labute approximate surface area is 108 Å². The molecule has 1 aliphatic rings. The number of morpholine rings is 1. The number of hydrogen-bond donors (Lipinski definition) is 1. The molecule has 0 radical (unpaired) electrons. The third kappa shape index (κ3) is 4.14. The van der Waals surface area contributed by atoms with Gasteiger partial charge in [-0.2, -0.15) is 0 Å². The fourth-order valence-electron chi connectivity index (χ4n) is 1.89. The van der Waals surface area contributed by atoms with Gasteiger partial charge in [-0.15, -0.1) is 6.58 Å². The second-order valence-electron chi connectivity index (χ2n) is 4.72. The molecule has 5 heteroatoms. The van der Waals surface area contributed by atoms with Crippen molar-refractivity contribution >= 4 is 11.8 Å². The highest BCUT2D eigenvalue weighted by Crippen LogP contribution is 2.11. The summed E-state index contributed by atoms with van der Waals surface area (Å²) in [6.07, 6.45) is 1.62. The van der Waals surface area contributed by atoms with Crippen molar-refractivity contribution in [2.24, 2.45) is 11.8 Å². The van der Waals surface area contributed by atoms with Crippen molar-refractivity contribution in [3.63, 3.8) is 0 Å². The van der Waals surface area contributed by atoms with E-state index < -0.39 is 0 Å². The number of carbonyl (C=O) groups is 2. The van der Waals surface area contributed by atoms with Crippen LogP contribution in [0.2, 0.25) is 0 Å². The minimum atomic E-state index is -0.248. The highest BCUT2D eigenvalue weighted by Gasteiger charge is 2.21. The van der Waals surface area contributed by atoms with Gasteiger partial charge in [0.25, 0.3) is 0 Å². The Morgan fingerprint density at radius 3 is 2.50 bits per heavy atom. The number of ether oxygens (including phenoxy) is 1. The zero-order chi connectivity index (χ0) is 13.5. The average molecular weight is 254 g/mol. The van der Waals surface area contributed by atoms with Gasteiger partial charge in [-0.05, 0) is 5.92 Å². The molecule has 0 aliphatic carbocycles. The minimum absolute atomic E-state index is 0.0515. The van der Waals surface area contributed by atoms with Crippen LogP contribution in [0.1, 0.15) is 13.8 Å². The van der Waals surface area contributed by atoms with Crippen LogP contribution in [-0.2, 0) is 14.3 Å². The molecule has 0 bridgehead atoms. The summed E-state index contributed by atoms with van der Waals surface area (Å²) in [6, 6.07) is 0. The lowest BCUT2D eigenvalue weighted by molar-refractivity contribution is -0.136. The van der Waals surface area contributed by atoms with Gasteiger partial charge in [-0.1, -0.05) is 19.9 Å². The molecule has 102 valence electrons. The molecule has 0 saturated carbocycles. The first-order chi connectivity index (χ1) is 8.56. The first-order valence-corrected chi connectivity index (χ1v) is 6.32. The Bertz CT molecular complexity index is 309. The molecule has 1 unspecified atom stereocenters. The van der Waals surface area contributed by atoms with E-state index in [2.05, 4.69) is 11.9 Å². The monoisotopic (exact) mass is 254 g/mol. The predicted molar refractivity (Wildman–Crippen MR) is 68.9 cm³/mol. The lowest BCUT2D eigenvalue weighted by Gasteiger charge is -2.27. The molecule has 5 nitrogen and oxygen atoms in total. The molecule has 2 amide bonds. The van der Waals surface area contributed by atoms with E-state index in [1.807, 2.05) is 13.8 Å². The Morgan fingerprint density at radius 2 is 2.00 bits per heavy atom. The molecule has 18 heavy (non-hydrogen) atoms. The van der Waals surface area contributed by atoms with Crippen molar-refractivity contribution in [3.8, 4) is 0 Å². The molecule has 1 rings (SSSR count). The number of nitrogens with one attached hydrogen (secondary N) is 1. The minimum Gasteiger partial charge on any atom is -0.378 e. The molecule has 0 aromatic carbocycles. The largest absolute Gasteiger partial charge is 0.378 e. The number of nitrogens with zero attached hydrogens (tertiary/aromatic N) is 1. The summed E-state index contributed by atoms with van der Waals surface area (Å²) in [5.74, 6) is -0.261. The molecule has 1 saturated heterocycles. The first kappa shape index (κ1) is 14.7. The van der Waals surface area contributed by atoms with Gasteiger partial charge in [0.05, 0.1) is 25.7 Å². The van der Waals surface area contributed by atoms with Crippen LogP contribution < -0.4 is 5.32 Å². The Balaban J connectivity index is 2.37. The molecule has 0 spiro atoms. The summed E-state index contributed by atoms with van der Waals surface area (Å²) in [5.41, 5.74) is 0. The first-order valence-electron chi connectivity index (χ1n) is 6.32. The van der Waals surface area contributed by atoms with Crippen LogP contribution in [0.5, 0.6) is 0 Å². The summed E-state index contributed by atoms with van der Waals surface area (Å²) in [6.45, 7) is 9.95. The highest BCUT2D eigenvalue weighted by atomic mass is 16.5. The molecule has 0 aromatic heterocycles. The number of rotatable bonds is 5. The van der Waals surface area contributed by atoms with Gasteiger partial charge in [0.15, 0.2) is 0 Å². The summed E-state index contributed by atoms with van der Waals surface area (Å²) < 4.78 is 5.17. The predicted octanol–water partition coefficient (Wildman–Crippen LogP) is 0.420. The fraction of sp³-hybridized carbons (Fsp3) is 0.692. The van der Waals surface area contributed by atoms with E-state index in [0.717, 1.165) is 0 Å². The summed E-state index contributed by atoms with van der Waals surface area (Å²) in [5, 5.41) is 2.67. The van der Waals surface area contributed by atoms with Crippen LogP contribution in [0.4, 0.5) is 0 Å². The van der Waals surface area contributed by atoms with Gasteiger partial charge in [-0.25, -0.2) is 0 Å². The van der Waals surface area contributed by atoms with Gasteiger partial charge in [0.1, 0.15) is 0 Å². The third-order valence-corrected chi connectivity index (χ3v) is 3.05. The van der Waals surface area contributed by atoms with Crippen LogP contribution in [0.3, 0.4) is 0 Å². The molecule has 1 N–H and O–H groups in total. The highest BCUT2D eigenvalue weighted by molar-refractivity contribution is 5.86. The van der Waals surface area contributed by atoms with Gasteiger partial charge in [0.2, 0.25) is 11.8 Å². The molecule has 1 fully saturated rings. The second kappa shape index (κ2) is 7.16. The quantitative estimate of drug-likeness (QED) is 0.723. The summed E-state index contributed by atoms with van der Waals surface area (Å²) in [7, 11) is 0. The maximum atomic E-state index is 11.8. The van der Waals surface area contributed by atoms with Crippen molar-refractivity contribution in [1.29, 1.82) is 0 Å². The van der Waals surface area contributed by atoms with Gasteiger partial charge in [0, 0.05) is 13.1 Å². The molecule has 1 aliphatic heterocycles. The van der Waals surface area contributed by atoms with Crippen LogP contribution in [0.25, 0.3) is 0 Å². The van der Waals surface area contributed by atoms with Gasteiger partial charge in [-0.3, -0.25) is 9.59 Å². The lowest BCUT2D eigenvalue weighted by atomic mass is 9.95. The van der Waals surface area contributed by atoms with Gasteiger partial charge >= 0.3 is 0 Å². The van der Waals surface area contributed by atoms with Crippen LogP contribution in [-0.4, -0.2) is 49.6 Å². The van der Waals surface area contributed by atoms with Crippen molar-refractivity contribution in [3.05, 3.63) is 12.7 Å². The molecular formula is C13H22N2O3. The third-order valence-electron chi connectivity index (χ3n) is 3.05. The van der Waals surface area contributed by atoms with Crippen molar-refractivity contribution in [1.82, 2.24) is 10.2 Å². The van der Waals surface area contributed by atoms with Crippen LogP contribution >= 0.6 is 0 Å². The summed E-state index contributed by atoms with van der Waals surface area (Å²) in [4.78, 5) is 25.3. The van der Waals surface area contributed by atoms with Crippen molar-refractivity contribution < 1.29 is 14.3 Å². The van der Waals surface area contributed by atoms with E-state index in [-0.39, 0.29) is 30.2 Å². The van der Waals surface area contributed by atoms with Crippen LogP contribution in [0.15, 0.2) is 12.7 Å². The maximum absolute atomic E-state index is 11.8. The zero-order valence-corrected chi connectivity index (χ0v) is 11.1. The smallest absolute Gasteiger partial charge is 0.242 e. The molecule has 1 heterocycles. The Hall–Kier alpha value is -1.36. The van der Waals surface area contributed by atoms with E-state index in [0.29, 0.717) is 26.3 Å². The SMILES string of the molecule is C=CC(C(=O)NCC(=O)N1CCOCC1)C(C)C. The van der Waals surface area contributed by atoms with E-state index in [9.17, 15) is 9.59 Å². The van der Waals surface area contributed by atoms with Crippen LogP contribution in [0, 0.1) is 11.8 Å². The molecular weight excluding hydrogens is 232 g/mol. The maximum Gasteiger partial charge on any atom is 0.242 e. The topological polar surface area (TPSA) is 58.6 Å². The second-order valence-corrected chi connectivity index (χ2v) is 4.72. The van der Waals surface area contributed by atoms with Crippen molar-refractivity contribution in [2.75, 3.05) is 32.8 Å². The summed E-state index contributed by atoms with van der Waals surface area (Å²) >= 11 is 0. The average Bonchev–Trinajstić information content (AvgIpc) is 2.37. The molecule has 1 atom stereocenters. The van der Waals surface area contributed by atoms with Gasteiger partial charge < -0.3 is 15.0 Å². The van der Waals surface area contributed by atoms with E-state index in [1.54, 1.807) is 11.0 Å². The molecule has 0 aromatic rings. The Kier molecular flexibility index (Phi) is 5.85. The Morgan fingerprint density at radius 1 is 1.39 bits per heavy atom. The normalized spacial score (nSPS) is 17.4. The number of amides is 2. The lowest BCUT2D eigenvalue weighted by Crippen LogP contribution is -2.46. The van der Waals surface area contributed by atoms with E-state index in [1.165, 1.54) is 0 Å². The zero-order valence-electron chi connectivity index (χ0n) is 11.1. The standard InChI is InChI=1S/C13H22N2O3/c1-4-11(10(2)3)13(17)14-9-12(16)15-5-7-18-8-6-15/h4,10-11H,1,5-9H2,2-3H3,(H,14,17). The fourth-order valence-corrected chi connectivity index (χ4v) is 1.89. The number of carbonyl (C=O) groups excluding carboxylic acids is 2.